The van der Waals surface area contributed by atoms with Crippen LogP contribution in [0.5, 0.6) is 0 Å². The molecule has 1 aromatic carbocycles. The summed E-state index contributed by atoms with van der Waals surface area (Å²) < 4.78 is 37.9. The van der Waals surface area contributed by atoms with Crippen LogP contribution in [0.2, 0.25) is 0 Å². The molecule has 1 saturated heterocycles. The van der Waals surface area contributed by atoms with E-state index in [9.17, 15) is 13.2 Å². The number of ether oxygens (including phenoxy) is 1. The van der Waals surface area contributed by atoms with Crippen LogP contribution in [0, 0.1) is 5.92 Å². The van der Waals surface area contributed by atoms with E-state index in [2.05, 4.69) is 15.2 Å². The van der Waals surface area contributed by atoms with Crippen LogP contribution in [0.3, 0.4) is 0 Å². The van der Waals surface area contributed by atoms with Crippen LogP contribution in [0.25, 0.3) is 11.5 Å². The van der Waals surface area contributed by atoms with Crippen molar-refractivity contribution in [3.63, 3.8) is 0 Å². The fourth-order valence-corrected chi connectivity index (χ4v) is 4.83. The molecule has 0 saturated carbocycles. The first kappa shape index (κ1) is 21.1. The van der Waals surface area contributed by atoms with Crippen molar-refractivity contribution in [3.05, 3.63) is 60.7 Å². The van der Waals surface area contributed by atoms with Gasteiger partial charge >= 0.3 is 5.97 Å². The Bertz CT molecular complexity index is 1130. The van der Waals surface area contributed by atoms with Crippen molar-refractivity contribution in [1.29, 1.82) is 0 Å². The molecule has 0 bridgehead atoms. The van der Waals surface area contributed by atoms with Gasteiger partial charge < -0.3 is 9.15 Å². The van der Waals surface area contributed by atoms with Crippen molar-refractivity contribution in [2.24, 2.45) is 5.92 Å². The molecule has 0 radical (unpaired) electrons. The number of pyridine rings is 1. The zero-order valence-corrected chi connectivity index (χ0v) is 17.7. The highest BCUT2D eigenvalue weighted by Crippen LogP contribution is 2.27. The predicted molar refractivity (Wildman–Crippen MR) is 110 cm³/mol. The van der Waals surface area contributed by atoms with Crippen molar-refractivity contribution in [3.8, 4) is 11.5 Å². The summed E-state index contributed by atoms with van der Waals surface area (Å²) in [5, 5.41) is 7.99. The monoisotopic (exact) mass is 442 g/mol. The Morgan fingerprint density at radius 2 is 1.87 bits per heavy atom. The molecule has 1 unspecified atom stereocenters. The number of hydrogen-bond donors (Lipinski definition) is 0. The second kappa shape index (κ2) is 8.94. The number of nitrogens with zero attached hydrogens (tertiary/aromatic N) is 4. The minimum Gasteiger partial charge on any atom is -0.452 e. The highest BCUT2D eigenvalue weighted by atomic mass is 32.2. The number of piperidine rings is 1. The third-order valence-corrected chi connectivity index (χ3v) is 7.04. The van der Waals surface area contributed by atoms with Gasteiger partial charge in [-0.25, -0.2) is 8.42 Å². The standard InChI is InChI=1S/C21H22N4O5S/c1-15(19-23-24-20(30-19)16-6-3-2-4-7-16)29-21(26)17-9-12-25(13-10-17)31(27,28)18-8-5-11-22-14-18/h2-8,11,14-15,17H,9-10,12-13H2,1H3. The third kappa shape index (κ3) is 4.64. The number of esters is 1. The van der Waals surface area contributed by atoms with Crippen molar-refractivity contribution >= 4 is 16.0 Å². The van der Waals surface area contributed by atoms with E-state index >= 15 is 0 Å². The van der Waals surface area contributed by atoms with Gasteiger partial charge in [-0.1, -0.05) is 18.2 Å². The number of benzene rings is 1. The normalized spacial score (nSPS) is 16.7. The number of hydrogen-bond acceptors (Lipinski definition) is 8. The first-order chi connectivity index (χ1) is 14.9. The van der Waals surface area contributed by atoms with E-state index in [0.717, 1.165) is 5.56 Å². The van der Waals surface area contributed by atoms with Gasteiger partial charge in [-0.05, 0) is 44.0 Å². The molecule has 3 heterocycles. The maximum Gasteiger partial charge on any atom is 0.309 e. The smallest absolute Gasteiger partial charge is 0.309 e. The number of sulfonamides is 1. The Hall–Kier alpha value is -3.11. The van der Waals surface area contributed by atoms with Crippen LogP contribution >= 0.6 is 0 Å². The second-order valence-electron chi connectivity index (χ2n) is 7.26. The second-order valence-corrected chi connectivity index (χ2v) is 9.20. The van der Waals surface area contributed by atoms with E-state index in [1.807, 2.05) is 30.3 Å². The summed E-state index contributed by atoms with van der Waals surface area (Å²) >= 11 is 0. The van der Waals surface area contributed by atoms with Crippen LogP contribution in [0.1, 0.15) is 31.8 Å². The van der Waals surface area contributed by atoms with Crippen LogP contribution in [-0.2, 0) is 19.6 Å². The van der Waals surface area contributed by atoms with E-state index in [4.69, 9.17) is 9.15 Å². The van der Waals surface area contributed by atoms with Gasteiger partial charge in [-0.15, -0.1) is 10.2 Å². The van der Waals surface area contributed by atoms with Crippen LogP contribution < -0.4 is 0 Å². The van der Waals surface area contributed by atoms with E-state index in [1.165, 1.54) is 22.8 Å². The average Bonchev–Trinajstić information content (AvgIpc) is 3.31. The van der Waals surface area contributed by atoms with E-state index < -0.39 is 22.1 Å². The molecule has 0 N–H and O–H groups in total. The minimum atomic E-state index is -3.62. The molecule has 0 aliphatic carbocycles. The summed E-state index contributed by atoms with van der Waals surface area (Å²) in [4.78, 5) is 16.6. The zero-order chi connectivity index (χ0) is 21.8. The van der Waals surface area contributed by atoms with Crippen LogP contribution in [0.4, 0.5) is 0 Å². The summed E-state index contributed by atoms with van der Waals surface area (Å²) in [6, 6.07) is 12.4. The molecule has 0 spiro atoms. The molecule has 31 heavy (non-hydrogen) atoms. The number of aromatic nitrogens is 3. The lowest BCUT2D eigenvalue weighted by Gasteiger charge is -2.30. The maximum absolute atomic E-state index is 12.7. The topological polar surface area (TPSA) is 115 Å². The molecule has 1 fully saturated rings. The Labute approximate surface area is 180 Å². The molecular formula is C21H22N4O5S. The number of rotatable bonds is 6. The quantitative estimate of drug-likeness (QED) is 0.535. The highest BCUT2D eigenvalue weighted by molar-refractivity contribution is 7.89. The van der Waals surface area contributed by atoms with Crippen molar-refractivity contribution < 1.29 is 22.4 Å². The van der Waals surface area contributed by atoms with Crippen LogP contribution in [0.15, 0.2) is 64.2 Å². The molecule has 3 aromatic rings. The Morgan fingerprint density at radius 3 is 2.55 bits per heavy atom. The van der Waals surface area contributed by atoms with Gasteiger partial charge in [-0.3, -0.25) is 9.78 Å². The first-order valence-electron chi connectivity index (χ1n) is 9.94. The maximum atomic E-state index is 12.7. The minimum absolute atomic E-state index is 0.148. The van der Waals surface area contributed by atoms with Gasteiger partial charge in [0.25, 0.3) is 5.89 Å². The van der Waals surface area contributed by atoms with Gasteiger partial charge in [0.15, 0.2) is 6.10 Å². The lowest BCUT2D eigenvalue weighted by molar-refractivity contribution is -0.156. The predicted octanol–water partition coefficient (Wildman–Crippen LogP) is 2.84. The molecule has 1 aliphatic rings. The fourth-order valence-electron chi connectivity index (χ4n) is 3.40. The van der Waals surface area contributed by atoms with Crippen molar-refractivity contribution in [2.75, 3.05) is 13.1 Å². The summed E-state index contributed by atoms with van der Waals surface area (Å²) in [6.45, 7) is 2.15. The SMILES string of the molecule is CC(OC(=O)C1CCN(S(=O)(=O)c2cccnc2)CC1)c1nnc(-c2ccccc2)o1. The largest absolute Gasteiger partial charge is 0.452 e. The Morgan fingerprint density at radius 1 is 1.13 bits per heavy atom. The van der Waals surface area contributed by atoms with Gasteiger partial charge in [-0.2, -0.15) is 4.31 Å². The van der Waals surface area contributed by atoms with E-state index in [-0.39, 0.29) is 29.8 Å². The Kier molecular flexibility index (Phi) is 6.10. The van der Waals surface area contributed by atoms with Crippen LogP contribution in [-0.4, -0.2) is 47.0 Å². The summed E-state index contributed by atoms with van der Waals surface area (Å²) in [6.07, 6.45) is 2.91. The van der Waals surface area contributed by atoms with Gasteiger partial charge in [0, 0.05) is 31.0 Å². The average molecular weight is 442 g/mol. The van der Waals surface area contributed by atoms with Crippen molar-refractivity contribution in [1.82, 2.24) is 19.5 Å². The summed E-state index contributed by atoms with van der Waals surface area (Å²) in [5.74, 6) is -0.221. The van der Waals surface area contributed by atoms with E-state index in [0.29, 0.717) is 18.7 Å². The molecule has 1 aliphatic heterocycles. The van der Waals surface area contributed by atoms with Gasteiger partial charge in [0.1, 0.15) is 4.90 Å². The molecule has 162 valence electrons. The lowest BCUT2D eigenvalue weighted by atomic mass is 9.98. The molecule has 2 aromatic heterocycles. The molecule has 1 atom stereocenters. The zero-order valence-electron chi connectivity index (χ0n) is 16.9. The number of carbonyl (C=O) groups is 1. The highest BCUT2D eigenvalue weighted by Gasteiger charge is 2.34. The molecule has 9 nitrogen and oxygen atoms in total. The van der Waals surface area contributed by atoms with Gasteiger partial charge in [0.2, 0.25) is 15.9 Å². The number of carbonyl (C=O) groups excluding carboxylic acids is 1. The van der Waals surface area contributed by atoms with E-state index in [1.54, 1.807) is 13.0 Å². The van der Waals surface area contributed by atoms with Gasteiger partial charge in [0.05, 0.1) is 5.92 Å². The molecular weight excluding hydrogens is 420 g/mol. The first-order valence-corrected chi connectivity index (χ1v) is 11.4. The molecule has 4 rings (SSSR count). The fraction of sp³-hybridized carbons (Fsp3) is 0.333. The molecule has 10 heteroatoms. The lowest BCUT2D eigenvalue weighted by Crippen LogP contribution is -2.40. The summed E-state index contributed by atoms with van der Waals surface area (Å²) in [5.41, 5.74) is 0.780. The molecule has 0 amide bonds. The Balaban J connectivity index is 1.34. The van der Waals surface area contributed by atoms with Crippen molar-refractivity contribution in [2.45, 2.75) is 30.8 Å². The summed E-state index contributed by atoms with van der Waals surface area (Å²) in [7, 11) is -3.62. The third-order valence-electron chi connectivity index (χ3n) is 5.16.